The van der Waals surface area contributed by atoms with Crippen LogP contribution in [0.5, 0.6) is 5.75 Å². The summed E-state index contributed by atoms with van der Waals surface area (Å²) in [4.78, 5) is 12.3. The lowest BCUT2D eigenvalue weighted by molar-refractivity contribution is -0.117. The molecule has 1 N–H and O–H groups in total. The lowest BCUT2D eigenvalue weighted by Gasteiger charge is -2.11. The molecule has 27 heavy (non-hydrogen) atoms. The number of amides is 1. The molecule has 0 bridgehead atoms. The standard InChI is InChI=1S/C22H21BrN2O2/c23-20-13-17(10-11-21(20)27-15-16-6-2-1-3-7-16)12-18(14-24)22(26)25-19-8-4-5-9-19/h1-3,6-7,10-13,19H,4-5,8-9,15H2,(H,25,26)/b18-12-. The van der Waals surface area contributed by atoms with Crippen LogP contribution in [0.4, 0.5) is 0 Å². The highest BCUT2D eigenvalue weighted by Gasteiger charge is 2.19. The van der Waals surface area contributed by atoms with Gasteiger partial charge in [-0.15, -0.1) is 0 Å². The lowest BCUT2D eigenvalue weighted by atomic mass is 10.1. The fourth-order valence-corrected chi connectivity index (χ4v) is 3.62. The molecule has 3 rings (SSSR count). The molecule has 1 saturated carbocycles. The Morgan fingerprint density at radius 2 is 1.96 bits per heavy atom. The van der Waals surface area contributed by atoms with E-state index >= 15 is 0 Å². The van der Waals surface area contributed by atoms with Gasteiger partial charge in [0.25, 0.3) is 5.91 Å². The Kier molecular flexibility index (Phi) is 6.67. The summed E-state index contributed by atoms with van der Waals surface area (Å²) in [6.45, 7) is 0.474. The normalized spacial score (nSPS) is 14.6. The van der Waals surface area contributed by atoms with Crippen molar-refractivity contribution in [2.75, 3.05) is 0 Å². The van der Waals surface area contributed by atoms with E-state index in [2.05, 4.69) is 21.2 Å². The summed E-state index contributed by atoms with van der Waals surface area (Å²) in [7, 11) is 0. The smallest absolute Gasteiger partial charge is 0.262 e. The third-order valence-electron chi connectivity index (χ3n) is 4.56. The molecule has 0 atom stereocenters. The largest absolute Gasteiger partial charge is 0.488 e. The Bertz CT molecular complexity index is 866. The van der Waals surface area contributed by atoms with Gasteiger partial charge in [-0.3, -0.25) is 4.79 Å². The van der Waals surface area contributed by atoms with Crippen molar-refractivity contribution in [2.45, 2.75) is 38.3 Å². The monoisotopic (exact) mass is 424 g/mol. The molecule has 138 valence electrons. The zero-order valence-electron chi connectivity index (χ0n) is 15.0. The minimum Gasteiger partial charge on any atom is -0.488 e. The highest BCUT2D eigenvalue weighted by molar-refractivity contribution is 9.10. The second-order valence-electron chi connectivity index (χ2n) is 6.59. The number of nitrogens with zero attached hydrogens (tertiary/aromatic N) is 1. The Labute approximate surface area is 168 Å². The summed E-state index contributed by atoms with van der Waals surface area (Å²) in [5, 5.41) is 12.3. The number of carbonyl (C=O) groups is 1. The van der Waals surface area contributed by atoms with Crippen molar-refractivity contribution >= 4 is 27.9 Å². The van der Waals surface area contributed by atoms with E-state index in [1.807, 2.05) is 54.6 Å². The molecule has 1 fully saturated rings. The molecule has 5 heteroatoms. The quantitative estimate of drug-likeness (QED) is 0.524. The molecule has 1 aliphatic carbocycles. The number of benzene rings is 2. The summed E-state index contributed by atoms with van der Waals surface area (Å²) < 4.78 is 6.61. The van der Waals surface area contributed by atoms with Crippen LogP contribution in [0.2, 0.25) is 0 Å². The predicted molar refractivity (Wildman–Crippen MR) is 109 cm³/mol. The maximum atomic E-state index is 12.3. The fraction of sp³-hybridized carbons (Fsp3) is 0.273. The first-order valence-electron chi connectivity index (χ1n) is 9.04. The first kappa shape index (κ1) is 19.2. The minimum absolute atomic E-state index is 0.117. The molecular weight excluding hydrogens is 404 g/mol. The number of ether oxygens (including phenoxy) is 1. The fourth-order valence-electron chi connectivity index (χ4n) is 3.11. The van der Waals surface area contributed by atoms with Crippen LogP contribution in [0.1, 0.15) is 36.8 Å². The predicted octanol–water partition coefficient (Wildman–Crippen LogP) is 4.99. The van der Waals surface area contributed by atoms with Crippen LogP contribution in [0.15, 0.2) is 58.6 Å². The van der Waals surface area contributed by atoms with Crippen LogP contribution in [-0.2, 0) is 11.4 Å². The molecule has 0 aromatic heterocycles. The molecule has 4 nitrogen and oxygen atoms in total. The number of nitrogens with one attached hydrogen (secondary N) is 1. The van der Waals surface area contributed by atoms with Gasteiger partial charge in [-0.2, -0.15) is 5.26 Å². The van der Waals surface area contributed by atoms with Crippen molar-refractivity contribution in [1.82, 2.24) is 5.32 Å². The van der Waals surface area contributed by atoms with Gasteiger partial charge in [-0.25, -0.2) is 0 Å². The number of rotatable bonds is 6. The highest BCUT2D eigenvalue weighted by Crippen LogP contribution is 2.28. The van der Waals surface area contributed by atoms with Crippen molar-refractivity contribution in [3.8, 4) is 11.8 Å². The zero-order valence-corrected chi connectivity index (χ0v) is 16.5. The molecule has 0 saturated heterocycles. The van der Waals surface area contributed by atoms with Gasteiger partial charge in [0.2, 0.25) is 0 Å². The third kappa shape index (κ3) is 5.45. The van der Waals surface area contributed by atoms with Gasteiger partial charge in [-0.1, -0.05) is 49.2 Å². The van der Waals surface area contributed by atoms with Crippen LogP contribution in [0, 0.1) is 11.3 Å². The molecular formula is C22H21BrN2O2. The van der Waals surface area contributed by atoms with E-state index in [4.69, 9.17) is 4.74 Å². The Balaban J connectivity index is 1.67. The van der Waals surface area contributed by atoms with Gasteiger partial charge in [0, 0.05) is 6.04 Å². The van der Waals surface area contributed by atoms with Gasteiger partial charge < -0.3 is 10.1 Å². The van der Waals surface area contributed by atoms with E-state index in [0.29, 0.717) is 12.4 Å². The highest BCUT2D eigenvalue weighted by atomic mass is 79.9. The molecule has 0 radical (unpaired) electrons. The third-order valence-corrected chi connectivity index (χ3v) is 5.18. The van der Waals surface area contributed by atoms with Gasteiger partial charge in [0.1, 0.15) is 24.0 Å². The van der Waals surface area contributed by atoms with E-state index in [9.17, 15) is 10.1 Å². The van der Waals surface area contributed by atoms with Crippen molar-refractivity contribution in [1.29, 1.82) is 5.26 Å². The second-order valence-corrected chi connectivity index (χ2v) is 7.44. The van der Waals surface area contributed by atoms with Crippen molar-refractivity contribution in [3.05, 3.63) is 69.7 Å². The second kappa shape index (κ2) is 9.38. The average molecular weight is 425 g/mol. The van der Waals surface area contributed by atoms with Crippen molar-refractivity contribution < 1.29 is 9.53 Å². The molecule has 1 aliphatic rings. The van der Waals surface area contributed by atoms with Crippen LogP contribution in [-0.4, -0.2) is 11.9 Å². The number of hydrogen-bond acceptors (Lipinski definition) is 3. The molecule has 0 aliphatic heterocycles. The summed E-state index contributed by atoms with van der Waals surface area (Å²) in [5.74, 6) is 0.412. The summed E-state index contributed by atoms with van der Waals surface area (Å²) in [5.41, 5.74) is 1.97. The van der Waals surface area contributed by atoms with Gasteiger partial charge in [0.15, 0.2) is 0 Å². The molecule has 0 heterocycles. The summed E-state index contributed by atoms with van der Waals surface area (Å²) >= 11 is 3.50. The Hall–Kier alpha value is -2.58. The van der Waals surface area contributed by atoms with Crippen molar-refractivity contribution in [2.24, 2.45) is 0 Å². The number of halogens is 1. The Morgan fingerprint density at radius 3 is 2.63 bits per heavy atom. The maximum Gasteiger partial charge on any atom is 0.262 e. The van der Waals surface area contributed by atoms with Crippen LogP contribution in [0.25, 0.3) is 6.08 Å². The van der Waals surface area contributed by atoms with Gasteiger partial charge in [-0.05, 0) is 58.1 Å². The first-order valence-corrected chi connectivity index (χ1v) is 9.84. The van der Waals surface area contributed by atoms with E-state index in [0.717, 1.165) is 41.3 Å². The molecule has 2 aromatic rings. The van der Waals surface area contributed by atoms with E-state index < -0.39 is 0 Å². The molecule has 2 aromatic carbocycles. The zero-order chi connectivity index (χ0) is 19.1. The van der Waals surface area contributed by atoms with Gasteiger partial charge in [0.05, 0.1) is 4.47 Å². The molecule has 0 spiro atoms. The molecule has 0 unspecified atom stereocenters. The summed E-state index contributed by atoms with van der Waals surface area (Å²) in [6.07, 6.45) is 5.85. The molecule has 1 amide bonds. The van der Waals surface area contributed by atoms with Crippen LogP contribution in [0.3, 0.4) is 0 Å². The number of carbonyl (C=O) groups excluding carboxylic acids is 1. The first-order chi connectivity index (χ1) is 13.2. The van der Waals surface area contributed by atoms with E-state index in [-0.39, 0.29) is 17.5 Å². The van der Waals surface area contributed by atoms with Crippen molar-refractivity contribution in [3.63, 3.8) is 0 Å². The summed E-state index contributed by atoms with van der Waals surface area (Å²) in [6, 6.07) is 17.6. The van der Waals surface area contributed by atoms with Gasteiger partial charge >= 0.3 is 0 Å². The average Bonchev–Trinajstić information content (AvgIpc) is 3.19. The SMILES string of the molecule is N#C/C(=C/c1ccc(OCc2ccccc2)c(Br)c1)C(=O)NC1CCCC1. The maximum absolute atomic E-state index is 12.3. The lowest BCUT2D eigenvalue weighted by Crippen LogP contribution is -2.33. The van der Waals surface area contributed by atoms with Crippen LogP contribution >= 0.6 is 15.9 Å². The van der Waals surface area contributed by atoms with E-state index in [1.165, 1.54) is 0 Å². The number of nitriles is 1. The van der Waals surface area contributed by atoms with Crippen LogP contribution < -0.4 is 10.1 Å². The topological polar surface area (TPSA) is 62.1 Å². The van der Waals surface area contributed by atoms with E-state index in [1.54, 1.807) is 6.08 Å². The number of hydrogen-bond donors (Lipinski definition) is 1. The minimum atomic E-state index is -0.301. The Morgan fingerprint density at radius 1 is 1.22 bits per heavy atom.